The van der Waals surface area contributed by atoms with E-state index in [9.17, 15) is 13.2 Å². The van der Waals surface area contributed by atoms with Crippen LogP contribution in [-0.4, -0.2) is 48.4 Å². The lowest BCUT2D eigenvalue weighted by molar-refractivity contribution is 0.0553. The molecular formula is C33H42N4O4S. The van der Waals surface area contributed by atoms with Crippen molar-refractivity contribution in [1.82, 2.24) is 14.9 Å². The van der Waals surface area contributed by atoms with Crippen LogP contribution >= 0.6 is 0 Å². The average molecular weight is 591 g/mol. The Hall–Kier alpha value is -3.46. The number of nitrogens with zero attached hydrogens (tertiary/aromatic N) is 3. The van der Waals surface area contributed by atoms with Crippen molar-refractivity contribution in [3.8, 4) is 17.1 Å². The van der Waals surface area contributed by atoms with Crippen molar-refractivity contribution in [2.45, 2.75) is 83.6 Å². The molecule has 1 aromatic heterocycles. The van der Waals surface area contributed by atoms with Gasteiger partial charge in [0, 0.05) is 23.7 Å². The lowest BCUT2D eigenvalue weighted by Crippen LogP contribution is -2.45. The molecule has 42 heavy (non-hydrogen) atoms. The molecule has 224 valence electrons. The highest BCUT2D eigenvalue weighted by Gasteiger charge is 2.30. The molecule has 0 unspecified atom stereocenters. The van der Waals surface area contributed by atoms with Crippen molar-refractivity contribution < 1.29 is 17.9 Å². The second-order valence-electron chi connectivity index (χ2n) is 12.2. The number of nitrogens with one attached hydrogen (secondary N) is 1. The largest absolute Gasteiger partial charge is 0.475 e. The molecule has 4 bridgehead atoms. The summed E-state index contributed by atoms with van der Waals surface area (Å²) < 4.78 is 35.9. The fraction of sp³-hybridized carbons (Fsp3) is 0.485. The number of rotatable bonds is 6. The van der Waals surface area contributed by atoms with Gasteiger partial charge in [0.15, 0.2) is 0 Å². The number of hydrogen-bond donors (Lipinski definition) is 1. The Kier molecular flexibility index (Phi) is 9.16. The van der Waals surface area contributed by atoms with E-state index >= 15 is 0 Å². The zero-order chi connectivity index (χ0) is 29.9. The van der Waals surface area contributed by atoms with E-state index in [1.54, 1.807) is 18.2 Å². The second kappa shape index (κ2) is 12.8. The third-order valence-corrected chi connectivity index (χ3v) is 9.75. The van der Waals surface area contributed by atoms with Crippen molar-refractivity contribution >= 4 is 21.9 Å². The van der Waals surface area contributed by atoms with Gasteiger partial charge in [-0.2, -0.15) is 4.98 Å². The van der Waals surface area contributed by atoms with Gasteiger partial charge in [0.2, 0.25) is 11.8 Å². The molecule has 1 aliphatic heterocycles. The van der Waals surface area contributed by atoms with E-state index in [1.165, 1.54) is 44.2 Å². The van der Waals surface area contributed by atoms with Crippen molar-refractivity contribution in [1.29, 1.82) is 0 Å². The maximum absolute atomic E-state index is 14.1. The molecule has 2 aromatic carbocycles. The minimum absolute atomic E-state index is 0.0104. The molecule has 0 spiro atoms. The van der Waals surface area contributed by atoms with Gasteiger partial charge in [0.25, 0.3) is 15.9 Å². The third kappa shape index (κ3) is 6.94. The summed E-state index contributed by atoms with van der Waals surface area (Å²) in [7, 11) is -4.08. The number of anilines is 1. The van der Waals surface area contributed by atoms with E-state index in [1.807, 2.05) is 36.9 Å². The van der Waals surface area contributed by atoms with Gasteiger partial charge in [-0.15, -0.1) is 0 Å². The van der Waals surface area contributed by atoms with E-state index in [0.29, 0.717) is 29.6 Å². The van der Waals surface area contributed by atoms with Gasteiger partial charge < -0.3 is 9.64 Å². The molecule has 2 heterocycles. The van der Waals surface area contributed by atoms with Crippen molar-refractivity contribution in [2.75, 3.05) is 17.9 Å². The Morgan fingerprint density at radius 1 is 1.00 bits per heavy atom. The number of carbonyl (C=O) groups is 1. The van der Waals surface area contributed by atoms with Crippen LogP contribution < -0.4 is 9.46 Å². The number of hydrogen-bond acceptors (Lipinski definition) is 6. The summed E-state index contributed by atoms with van der Waals surface area (Å²) in [5.74, 6) is 0.927. The summed E-state index contributed by atoms with van der Waals surface area (Å²) in [6, 6.07) is 13.8. The zero-order valence-corrected chi connectivity index (χ0v) is 25.9. The van der Waals surface area contributed by atoms with Gasteiger partial charge in [-0.1, -0.05) is 70.2 Å². The summed E-state index contributed by atoms with van der Waals surface area (Å²) in [5.41, 5.74) is 3.84. The number of aryl methyl sites for hydroxylation is 2. The first-order valence-corrected chi connectivity index (χ1v) is 16.6. The number of amides is 1. The molecule has 8 nitrogen and oxygen atoms in total. The molecule has 9 heteroatoms. The standard InChI is InChI=1S/C33H42N4O4S/c1-22(2)18-27-21-41-30-20-29(31-23(3)10-8-11-24(31)4)34-33(35-30)36-42(39,40)28-15-9-14-26(19-28)32(38)37(27)17-16-25-12-6-5-7-13-25/h8-11,14-15,19-20,22,25,27H,5-7,12-13,16-18,21H2,1-4H3,(H,34,35,36)/t27-/m1/s1. The first-order valence-electron chi connectivity index (χ1n) is 15.1. The average Bonchev–Trinajstić information content (AvgIpc) is 2.95. The molecule has 5 rings (SSSR count). The highest BCUT2D eigenvalue weighted by molar-refractivity contribution is 7.92. The Balaban J connectivity index is 1.60. The number of sulfonamides is 1. The van der Waals surface area contributed by atoms with Gasteiger partial charge >= 0.3 is 0 Å². The number of ether oxygens (including phenoxy) is 1. The molecule has 1 amide bonds. The van der Waals surface area contributed by atoms with E-state index < -0.39 is 10.0 Å². The van der Waals surface area contributed by atoms with E-state index in [4.69, 9.17) is 4.74 Å². The number of carbonyl (C=O) groups excluding carboxylic acids is 1. The van der Waals surface area contributed by atoms with Crippen LogP contribution in [0.15, 0.2) is 53.4 Å². The first kappa shape index (κ1) is 30.0. The summed E-state index contributed by atoms with van der Waals surface area (Å²) in [6.07, 6.45) is 7.81. The summed E-state index contributed by atoms with van der Waals surface area (Å²) in [5, 5.41) is 0. The number of fused-ring (bicyclic) bond motifs is 4. The fourth-order valence-corrected chi connectivity index (χ4v) is 7.28. The first-order chi connectivity index (χ1) is 20.1. The SMILES string of the molecule is Cc1cccc(C)c1-c1cc2nc(n1)NS(=O)(=O)c1cccc(c1)C(=O)N(CCC1CCCCC1)[C@H](CC(C)C)CO2. The van der Waals surface area contributed by atoms with E-state index in [0.717, 1.165) is 29.5 Å². The van der Waals surface area contributed by atoms with Crippen LogP contribution in [0.4, 0.5) is 5.95 Å². The lowest BCUT2D eigenvalue weighted by Gasteiger charge is -2.34. The fourth-order valence-electron chi connectivity index (χ4n) is 6.29. The van der Waals surface area contributed by atoms with Gasteiger partial charge in [0.05, 0.1) is 16.6 Å². The highest BCUT2D eigenvalue weighted by Crippen LogP contribution is 2.31. The molecule has 0 radical (unpaired) electrons. The molecule has 1 saturated carbocycles. The monoisotopic (exact) mass is 590 g/mol. The summed E-state index contributed by atoms with van der Waals surface area (Å²) in [6.45, 7) is 9.12. The Morgan fingerprint density at radius 3 is 2.43 bits per heavy atom. The minimum Gasteiger partial charge on any atom is -0.475 e. The van der Waals surface area contributed by atoms with Crippen molar-refractivity contribution in [3.05, 3.63) is 65.2 Å². The lowest BCUT2D eigenvalue weighted by atomic mass is 9.86. The van der Waals surface area contributed by atoms with Crippen molar-refractivity contribution in [2.24, 2.45) is 11.8 Å². The van der Waals surface area contributed by atoms with Crippen LogP contribution in [0.5, 0.6) is 5.88 Å². The Bertz CT molecular complexity index is 1510. The molecule has 1 N–H and O–H groups in total. The number of aromatic nitrogens is 2. The van der Waals surface area contributed by atoms with Gasteiger partial charge in [0.1, 0.15) is 6.61 Å². The van der Waals surface area contributed by atoms with Crippen LogP contribution in [0.25, 0.3) is 11.3 Å². The minimum atomic E-state index is -4.08. The second-order valence-corrected chi connectivity index (χ2v) is 13.9. The molecule has 1 atom stereocenters. The highest BCUT2D eigenvalue weighted by atomic mass is 32.2. The smallest absolute Gasteiger partial charge is 0.264 e. The van der Waals surface area contributed by atoms with Gasteiger partial charge in [-0.3, -0.25) is 4.79 Å². The molecule has 1 fully saturated rings. The van der Waals surface area contributed by atoms with Crippen LogP contribution in [0.3, 0.4) is 0 Å². The van der Waals surface area contributed by atoms with Crippen LogP contribution in [0.1, 0.15) is 80.3 Å². The summed E-state index contributed by atoms with van der Waals surface area (Å²) >= 11 is 0. The summed E-state index contributed by atoms with van der Waals surface area (Å²) in [4.78, 5) is 25.1. The quantitative estimate of drug-likeness (QED) is 0.340. The Labute approximate surface area is 250 Å². The molecule has 0 saturated heterocycles. The van der Waals surface area contributed by atoms with Gasteiger partial charge in [-0.25, -0.2) is 18.1 Å². The normalized spacial score (nSPS) is 19.3. The maximum atomic E-state index is 14.1. The maximum Gasteiger partial charge on any atom is 0.264 e. The topological polar surface area (TPSA) is 101 Å². The van der Waals surface area contributed by atoms with Crippen LogP contribution in [0, 0.1) is 25.7 Å². The molecule has 1 aliphatic carbocycles. The third-order valence-electron chi connectivity index (χ3n) is 8.43. The predicted octanol–water partition coefficient (Wildman–Crippen LogP) is 6.78. The molecular weight excluding hydrogens is 548 g/mol. The Morgan fingerprint density at radius 2 is 1.71 bits per heavy atom. The molecule has 3 aromatic rings. The van der Waals surface area contributed by atoms with E-state index in [2.05, 4.69) is 28.5 Å². The number of benzene rings is 2. The van der Waals surface area contributed by atoms with Crippen molar-refractivity contribution in [3.63, 3.8) is 0 Å². The van der Waals surface area contributed by atoms with E-state index in [-0.39, 0.29) is 35.3 Å². The molecule has 2 aliphatic rings. The predicted molar refractivity (Wildman–Crippen MR) is 165 cm³/mol. The van der Waals surface area contributed by atoms with Crippen LogP contribution in [-0.2, 0) is 10.0 Å². The van der Waals surface area contributed by atoms with Gasteiger partial charge in [-0.05, 0) is 67.9 Å². The van der Waals surface area contributed by atoms with Crippen LogP contribution in [0.2, 0.25) is 0 Å². The zero-order valence-electron chi connectivity index (χ0n) is 25.1.